The molecule has 0 aromatic heterocycles. The predicted octanol–water partition coefficient (Wildman–Crippen LogP) is 2.08. The topological polar surface area (TPSA) is 42.2 Å². The zero-order valence-electron chi connectivity index (χ0n) is 8.61. The first kappa shape index (κ1) is 9.95. The maximum absolute atomic E-state index is 9.01. The monoisotopic (exact) mass is 195 g/mol. The minimum absolute atomic E-state index is 0.0519. The number of ether oxygens (including phenoxy) is 2. The van der Waals surface area contributed by atoms with E-state index in [0.29, 0.717) is 12.5 Å². The molecule has 1 aliphatic heterocycles. The summed E-state index contributed by atoms with van der Waals surface area (Å²) in [6, 6.07) is 2.40. The van der Waals surface area contributed by atoms with Crippen LogP contribution in [0.5, 0.6) is 0 Å². The third kappa shape index (κ3) is 1.77. The minimum Gasteiger partial charge on any atom is -0.353 e. The maximum atomic E-state index is 9.01. The van der Waals surface area contributed by atoms with Gasteiger partial charge in [0.25, 0.3) is 0 Å². The van der Waals surface area contributed by atoms with Crippen molar-refractivity contribution in [3.05, 3.63) is 0 Å². The van der Waals surface area contributed by atoms with Crippen molar-refractivity contribution in [2.24, 2.45) is 11.8 Å². The molecule has 0 aromatic carbocycles. The Morgan fingerprint density at radius 1 is 1.50 bits per heavy atom. The fourth-order valence-electron chi connectivity index (χ4n) is 2.64. The highest BCUT2D eigenvalue weighted by Gasteiger charge is 2.42. The average Bonchev–Trinajstić information content (AvgIpc) is 2.60. The Bertz CT molecular complexity index is 236. The van der Waals surface area contributed by atoms with Crippen molar-refractivity contribution in [3.8, 4) is 6.07 Å². The molecule has 2 fully saturated rings. The summed E-state index contributed by atoms with van der Waals surface area (Å²) in [5.74, 6) is 0.615. The van der Waals surface area contributed by atoms with Crippen molar-refractivity contribution >= 4 is 0 Å². The van der Waals surface area contributed by atoms with E-state index in [1.807, 2.05) is 6.92 Å². The molecule has 1 heterocycles. The molecule has 0 radical (unpaired) electrons. The standard InChI is InChI=1S/C11H17NO2/c1-2-13-11-6-9-8(7-12)4-3-5-10(9)14-11/h8-11H,2-6H2,1H3/t8-,9-,10+,11?/m1/s1. The van der Waals surface area contributed by atoms with E-state index in [4.69, 9.17) is 14.7 Å². The lowest BCUT2D eigenvalue weighted by atomic mass is 9.78. The van der Waals surface area contributed by atoms with Crippen LogP contribution in [0, 0.1) is 23.2 Å². The van der Waals surface area contributed by atoms with Crippen LogP contribution in [0.25, 0.3) is 0 Å². The van der Waals surface area contributed by atoms with Crippen molar-refractivity contribution < 1.29 is 9.47 Å². The van der Waals surface area contributed by atoms with Crippen LogP contribution in [-0.2, 0) is 9.47 Å². The summed E-state index contributed by atoms with van der Waals surface area (Å²) in [5, 5.41) is 9.01. The van der Waals surface area contributed by atoms with E-state index >= 15 is 0 Å². The van der Waals surface area contributed by atoms with E-state index in [1.54, 1.807) is 0 Å². The van der Waals surface area contributed by atoms with Crippen LogP contribution in [-0.4, -0.2) is 19.0 Å². The molecule has 1 aliphatic carbocycles. The first-order valence-corrected chi connectivity index (χ1v) is 5.51. The molecular formula is C11H17NO2. The van der Waals surface area contributed by atoms with Crippen LogP contribution >= 0.6 is 0 Å². The van der Waals surface area contributed by atoms with Gasteiger partial charge in [-0.2, -0.15) is 5.26 Å². The minimum atomic E-state index is -0.0519. The molecule has 2 rings (SSSR count). The molecule has 0 N–H and O–H groups in total. The van der Waals surface area contributed by atoms with Gasteiger partial charge in [0.15, 0.2) is 6.29 Å². The highest BCUT2D eigenvalue weighted by Crippen LogP contribution is 2.41. The zero-order valence-corrected chi connectivity index (χ0v) is 8.61. The molecule has 0 spiro atoms. The van der Waals surface area contributed by atoms with Crippen LogP contribution in [0.4, 0.5) is 0 Å². The molecule has 4 atom stereocenters. The van der Waals surface area contributed by atoms with E-state index < -0.39 is 0 Å². The van der Waals surface area contributed by atoms with E-state index in [-0.39, 0.29) is 18.3 Å². The number of rotatable bonds is 2. The molecule has 78 valence electrons. The second-order valence-corrected chi connectivity index (χ2v) is 4.13. The van der Waals surface area contributed by atoms with Gasteiger partial charge in [-0.15, -0.1) is 0 Å². The van der Waals surface area contributed by atoms with Crippen LogP contribution in [0.15, 0.2) is 0 Å². The molecule has 3 heteroatoms. The molecule has 1 saturated heterocycles. The van der Waals surface area contributed by atoms with E-state index in [9.17, 15) is 0 Å². The second kappa shape index (κ2) is 4.29. The summed E-state index contributed by atoms with van der Waals surface area (Å²) >= 11 is 0. The normalized spacial score (nSPS) is 41.7. The Morgan fingerprint density at radius 3 is 3.07 bits per heavy atom. The van der Waals surface area contributed by atoms with Crippen molar-refractivity contribution in [1.82, 2.24) is 0 Å². The average molecular weight is 195 g/mol. The smallest absolute Gasteiger partial charge is 0.158 e. The van der Waals surface area contributed by atoms with Gasteiger partial charge < -0.3 is 9.47 Å². The molecule has 0 aromatic rings. The lowest BCUT2D eigenvalue weighted by molar-refractivity contribution is -0.134. The van der Waals surface area contributed by atoms with Crippen LogP contribution in [0.3, 0.4) is 0 Å². The van der Waals surface area contributed by atoms with Gasteiger partial charge in [0, 0.05) is 18.9 Å². The van der Waals surface area contributed by atoms with Crippen LogP contribution in [0.2, 0.25) is 0 Å². The Kier molecular flexibility index (Phi) is 3.05. The van der Waals surface area contributed by atoms with Gasteiger partial charge in [0.2, 0.25) is 0 Å². The SMILES string of the molecule is CCOC1C[C@H]2[C@H](CCC[C@@H]2C#N)O1. The fourth-order valence-corrected chi connectivity index (χ4v) is 2.64. The van der Waals surface area contributed by atoms with Crippen molar-refractivity contribution in [2.75, 3.05) is 6.61 Å². The third-order valence-electron chi connectivity index (χ3n) is 3.31. The summed E-state index contributed by atoms with van der Waals surface area (Å²) in [4.78, 5) is 0. The molecule has 0 bridgehead atoms. The van der Waals surface area contributed by atoms with Gasteiger partial charge in [0.1, 0.15) is 0 Å². The molecule has 1 unspecified atom stereocenters. The van der Waals surface area contributed by atoms with Gasteiger partial charge in [-0.3, -0.25) is 0 Å². The maximum Gasteiger partial charge on any atom is 0.158 e. The number of nitrogens with zero attached hydrogens (tertiary/aromatic N) is 1. The predicted molar refractivity (Wildman–Crippen MR) is 51.3 cm³/mol. The Hall–Kier alpha value is -0.590. The first-order chi connectivity index (χ1) is 6.85. The second-order valence-electron chi connectivity index (χ2n) is 4.13. The quantitative estimate of drug-likeness (QED) is 0.677. The number of fused-ring (bicyclic) bond motifs is 1. The largest absolute Gasteiger partial charge is 0.353 e. The fraction of sp³-hybridized carbons (Fsp3) is 0.909. The summed E-state index contributed by atoms with van der Waals surface area (Å²) in [7, 11) is 0. The summed E-state index contributed by atoms with van der Waals surface area (Å²) in [6.07, 6.45) is 4.41. The van der Waals surface area contributed by atoms with Crippen molar-refractivity contribution in [2.45, 2.75) is 45.0 Å². The molecule has 14 heavy (non-hydrogen) atoms. The van der Waals surface area contributed by atoms with Crippen molar-refractivity contribution in [3.63, 3.8) is 0 Å². The number of hydrogen-bond donors (Lipinski definition) is 0. The van der Waals surface area contributed by atoms with Crippen LogP contribution in [0.1, 0.15) is 32.6 Å². The van der Waals surface area contributed by atoms with E-state index in [1.165, 1.54) is 0 Å². The highest BCUT2D eigenvalue weighted by molar-refractivity contribution is 4.97. The Balaban J connectivity index is 1.97. The van der Waals surface area contributed by atoms with Gasteiger partial charge >= 0.3 is 0 Å². The van der Waals surface area contributed by atoms with Gasteiger partial charge in [0.05, 0.1) is 18.1 Å². The van der Waals surface area contributed by atoms with E-state index in [0.717, 1.165) is 25.7 Å². The number of nitriles is 1. The van der Waals surface area contributed by atoms with E-state index in [2.05, 4.69) is 6.07 Å². The summed E-state index contributed by atoms with van der Waals surface area (Å²) in [6.45, 7) is 2.68. The molecular weight excluding hydrogens is 178 g/mol. The first-order valence-electron chi connectivity index (χ1n) is 5.51. The zero-order chi connectivity index (χ0) is 9.97. The van der Waals surface area contributed by atoms with Gasteiger partial charge in [-0.05, 0) is 26.2 Å². The lowest BCUT2D eigenvalue weighted by Crippen LogP contribution is -2.27. The lowest BCUT2D eigenvalue weighted by Gasteiger charge is -2.27. The Morgan fingerprint density at radius 2 is 2.36 bits per heavy atom. The molecule has 2 aliphatic rings. The summed E-state index contributed by atoms with van der Waals surface area (Å²) < 4.78 is 11.2. The molecule has 0 amide bonds. The van der Waals surface area contributed by atoms with Crippen molar-refractivity contribution in [1.29, 1.82) is 5.26 Å². The Labute approximate surface area is 85.0 Å². The summed E-state index contributed by atoms with van der Waals surface area (Å²) in [5.41, 5.74) is 0. The van der Waals surface area contributed by atoms with Gasteiger partial charge in [-0.1, -0.05) is 0 Å². The number of hydrogen-bond acceptors (Lipinski definition) is 3. The van der Waals surface area contributed by atoms with Gasteiger partial charge in [-0.25, -0.2) is 0 Å². The highest BCUT2D eigenvalue weighted by atomic mass is 16.7. The molecule has 1 saturated carbocycles. The third-order valence-corrected chi connectivity index (χ3v) is 3.31. The molecule has 3 nitrogen and oxygen atoms in total. The van der Waals surface area contributed by atoms with Crippen LogP contribution < -0.4 is 0 Å².